The summed E-state index contributed by atoms with van der Waals surface area (Å²) in [4.78, 5) is 0. The fourth-order valence-electron chi connectivity index (χ4n) is 1.91. The first-order valence-electron chi connectivity index (χ1n) is 6.03. The van der Waals surface area contributed by atoms with E-state index in [1.165, 1.54) is 12.1 Å². The van der Waals surface area contributed by atoms with Crippen LogP contribution >= 0.6 is 23.2 Å². The molecule has 1 N–H and O–H groups in total. The third kappa shape index (κ3) is 3.35. The summed E-state index contributed by atoms with van der Waals surface area (Å²) in [6.07, 6.45) is 0. The summed E-state index contributed by atoms with van der Waals surface area (Å²) in [6, 6.07) is 8.93. The summed E-state index contributed by atoms with van der Waals surface area (Å²) in [7, 11) is 1.64. The molecule has 0 unspecified atom stereocenters. The number of ether oxygens (including phenoxy) is 1. The van der Waals surface area contributed by atoms with E-state index in [-0.39, 0.29) is 10.0 Å². The third-order valence-corrected chi connectivity index (χ3v) is 3.49. The number of anilines is 1. The highest BCUT2D eigenvalue weighted by Gasteiger charge is 2.07. The molecule has 2 nitrogen and oxygen atoms in total. The Morgan fingerprint density at radius 2 is 1.80 bits per heavy atom. The Morgan fingerprint density at radius 3 is 2.35 bits per heavy atom. The molecule has 0 atom stereocenters. The Labute approximate surface area is 127 Å². The molecule has 0 fully saturated rings. The van der Waals surface area contributed by atoms with E-state index < -0.39 is 5.82 Å². The predicted molar refractivity (Wildman–Crippen MR) is 81.5 cm³/mol. The lowest BCUT2D eigenvalue weighted by molar-refractivity contribution is 0.411. The third-order valence-electron chi connectivity index (χ3n) is 2.94. The smallest absolute Gasteiger partial charge is 0.160 e. The van der Waals surface area contributed by atoms with Gasteiger partial charge in [-0.25, -0.2) is 4.39 Å². The van der Waals surface area contributed by atoms with Crippen molar-refractivity contribution >= 4 is 28.9 Å². The molecule has 0 aromatic heterocycles. The molecule has 0 aliphatic rings. The Kier molecular flexibility index (Phi) is 4.73. The molecule has 0 bridgehead atoms. The maximum Gasteiger partial charge on any atom is 0.160 e. The van der Waals surface area contributed by atoms with Gasteiger partial charge in [0.05, 0.1) is 17.2 Å². The van der Waals surface area contributed by atoms with Crippen molar-refractivity contribution in [1.82, 2.24) is 0 Å². The van der Waals surface area contributed by atoms with Gasteiger partial charge >= 0.3 is 0 Å². The van der Waals surface area contributed by atoms with Gasteiger partial charge in [-0.1, -0.05) is 35.3 Å². The Bertz CT molecular complexity index is 608. The van der Waals surface area contributed by atoms with Crippen molar-refractivity contribution in [3.05, 3.63) is 57.3 Å². The molecule has 2 aromatic carbocycles. The van der Waals surface area contributed by atoms with Gasteiger partial charge in [0.15, 0.2) is 5.82 Å². The monoisotopic (exact) mass is 313 g/mol. The van der Waals surface area contributed by atoms with Crippen molar-refractivity contribution in [2.75, 3.05) is 12.4 Å². The van der Waals surface area contributed by atoms with Crippen molar-refractivity contribution < 1.29 is 9.13 Å². The molecule has 0 aliphatic carbocycles. The van der Waals surface area contributed by atoms with Crippen molar-refractivity contribution in [1.29, 1.82) is 0 Å². The van der Waals surface area contributed by atoms with Gasteiger partial charge in [0.25, 0.3) is 0 Å². The second-order valence-corrected chi connectivity index (χ2v) is 5.23. The van der Waals surface area contributed by atoms with Crippen LogP contribution in [0.15, 0.2) is 30.3 Å². The van der Waals surface area contributed by atoms with Crippen LogP contribution in [0.4, 0.5) is 10.1 Å². The molecule has 0 radical (unpaired) electrons. The van der Waals surface area contributed by atoms with Crippen molar-refractivity contribution in [2.24, 2.45) is 0 Å². The van der Waals surface area contributed by atoms with Gasteiger partial charge in [-0.05, 0) is 36.2 Å². The summed E-state index contributed by atoms with van der Waals surface area (Å²) in [5.41, 5.74) is 2.82. The highest BCUT2D eigenvalue weighted by Crippen LogP contribution is 2.27. The molecule has 20 heavy (non-hydrogen) atoms. The minimum atomic E-state index is -0.598. The first-order valence-corrected chi connectivity index (χ1v) is 6.79. The molecule has 2 rings (SSSR count). The molecule has 0 saturated carbocycles. The number of hydrogen-bond donors (Lipinski definition) is 1. The largest absolute Gasteiger partial charge is 0.496 e. The molecular weight excluding hydrogens is 300 g/mol. The van der Waals surface area contributed by atoms with Crippen LogP contribution < -0.4 is 10.1 Å². The molecule has 0 aliphatic heterocycles. The van der Waals surface area contributed by atoms with E-state index in [1.807, 2.05) is 25.1 Å². The number of hydrogen-bond acceptors (Lipinski definition) is 2. The summed E-state index contributed by atoms with van der Waals surface area (Å²) in [6.45, 7) is 2.57. The number of halogens is 3. The van der Waals surface area contributed by atoms with Crippen molar-refractivity contribution in [3.63, 3.8) is 0 Å². The normalized spacial score (nSPS) is 10.4. The Balaban J connectivity index is 2.11. The number of nitrogens with one attached hydrogen (secondary N) is 1. The van der Waals surface area contributed by atoms with Crippen LogP contribution in [0.5, 0.6) is 5.75 Å². The zero-order valence-electron chi connectivity index (χ0n) is 11.1. The van der Waals surface area contributed by atoms with Crippen LogP contribution in [0, 0.1) is 12.7 Å². The van der Waals surface area contributed by atoms with Gasteiger partial charge in [0.2, 0.25) is 0 Å². The topological polar surface area (TPSA) is 21.3 Å². The fraction of sp³-hybridized carbons (Fsp3) is 0.200. The van der Waals surface area contributed by atoms with Crippen LogP contribution in [-0.4, -0.2) is 7.11 Å². The molecule has 0 amide bonds. The van der Waals surface area contributed by atoms with Crippen molar-refractivity contribution in [3.8, 4) is 5.75 Å². The van der Waals surface area contributed by atoms with E-state index in [4.69, 9.17) is 27.9 Å². The van der Waals surface area contributed by atoms with Crippen LogP contribution in [0.2, 0.25) is 10.0 Å². The minimum Gasteiger partial charge on any atom is -0.496 e. The molecule has 106 valence electrons. The average molecular weight is 314 g/mol. The van der Waals surface area contributed by atoms with Gasteiger partial charge in [0, 0.05) is 12.2 Å². The number of methoxy groups -OCH3 is 1. The molecule has 5 heteroatoms. The number of aryl methyl sites for hydroxylation is 1. The summed E-state index contributed by atoms with van der Waals surface area (Å²) >= 11 is 11.5. The standard InChI is InChI=1S/C15H14Cl2FNO/c1-9-5-10(3-4-14(9)20-2)8-19-11-6-12(16)15(18)13(17)7-11/h3-7,19H,8H2,1-2H3. The fourth-order valence-corrected chi connectivity index (χ4v) is 2.40. The van der Waals surface area contributed by atoms with E-state index in [1.54, 1.807) is 7.11 Å². The van der Waals surface area contributed by atoms with E-state index in [0.717, 1.165) is 16.9 Å². The van der Waals surface area contributed by atoms with Crippen molar-refractivity contribution in [2.45, 2.75) is 13.5 Å². The van der Waals surface area contributed by atoms with Gasteiger partial charge in [-0.3, -0.25) is 0 Å². The summed E-state index contributed by atoms with van der Waals surface area (Å²) in [5, 5.41) is 3.17. The lowest BCUT2D eigenvalue weighted by Crippen LogP contribution is -2.00. The average Bonchev–Trinajstić information content (AvgIpc) is 2.42. The maximum atomic E-state index is 13.3. The molecule has 0 heterocycles. The van der Waals surface area contributed by atoms with Crippen LogP contribution in [-0.2, 0) is 6.54 Å². The van der Waals surface area contributed by atoms with Gasteiger partial charge in [-0.2, -0.15) is 0 Å². The molecule has 0 saturated heterocycles. The Hall–Kier alpha value is -1.45. The van der Waals surface area contributed by atoms with Crippen LogP contribution in [0.1, 0.15) is 11.1 Å². The van der Waals surface area contributed by atoms with Gasteiger partial charge in [-0.15, -0.1) is 0 Å². The Morgan fingerprint density at radius 1 is 1.15 bits per heavy atom. The number of benzene rings is 2. The predicted octanol–water partition coefficient (Wildman–Crippen LogP) is 5.06. The van der Waals surface area contributed by atoms with Crippen LogP contribution in [0.3, 0.4) is 0 Å². The first-order chi connectivity index (χ1) is 9.51. The summed E-state index contributed by atoms with van der Waals surface area (Å²) < 4.78 is 18.5. The molecule has 2 aromatic rings. The first kappa shape index (κ1) is 14.9. The summed E-state index contributed by atoms with van der Waals surface area (Å²) in [5.74, 6) is 0.251. The highest BCUT2D eigenvalue weighted by atomic mass is 35.5. The second-order valence-electron chi connectivity index (χ2n) is 4.41. The van der Waals surface area contributed by atoms with Gasteiger partial charge in [0.1, 0.15) is 5.75 Å². The number of rotatable bonds is 4. The van der Waals surface area contributed by atoms with Gasteiger partial charge < -0.3 is 10.1 Å². The minimum absolute atomic E-state index is 0.00547. The zero-order chi connectivity index (χ0) is 14.7. The lowest BCUT2D eigenvalue weighted by Gasteiger charge is -2.10. The SMILES string of the molecule is COc1ccc(CNc2cc(Cl)c(F)c(Cl)c2)cc1C. The quantitative estimate of drug-likeness (QED) is 0.796. The maximum absolute atomic E-state index is 13.3. The van der Waals surface area contributed by atoms with E-state index >= 15 is 0 Å². The van der Waals surface area contributed by atoms with E-state index in [2.05, 4.69) is 5.32 Å². The highest BCUT2D eigenvalue weighted by molar-refractivity contribution is 6.35. The second kappa shape index (κ2) is 6.33. The molecular formula is C15H14Cl2FNO. The molecule has 0 spiro atoms. The van der Waals surface area contributed by atoms with Crippen LogP contribution in [0.25, 0.3) is 0 Å². The van der Waals surface area contributed by atoms with E-state index in [0.29, 0.717) is 12.2 Å². The zero-order valence-corrected chi connectivity index (χ0v) is 12.6. The van der Waals surface area contributed by atoms with E-state index in [9.17, 15) is 4.39 Å². The lowest BCUT2D eigenvalue weighted by atomic mass is 10.1.